The Morgan fingerprint density at radius 2 is 1.97 bits per heavy atom. The maximum Gasteiger partial charge on any atom is 0.338 e. The Morgan fingerprint density at radius 3 is 2.72 bits per heavy atom. The molecule has 3 aromatic rings. The average Bonchev–Trinajstić information content (AvgIpc) is 2.71. The summed E-state index contributed by atoms with van der Waals surface area (Å²) in [7, 11) is 0. The number of nitrogens with zero attached hydrogens (tertiary/aromatic N) is 1. The van der Waals surface area contributed by atoms with E-state index in [4.69, 9.17) is 9.47 Å². The molecular weight excluding hydrogens is 371 g/mol. The van der Waals surface area contributed by atoms with Crippen LogP contribution in [0.5, 0.6) is 5.75 Å². The third kappa shape index (κ3) is 4.38. The molecule has 1 heterocycles. The average molecular weight is 394 g/mol. The molecular formula is C23H23FN2O3. The molecule has 0 amide bonds. The van der Waals surface area contributed by atoms with Crippen molar-refractivity contribution in [2.45, 2.75) is 38.5 Å². The monoisotopic (exact) mass is 394 g/mol. The second-order valence-corrected chi connectivity index (χ2v) is 7.16. The van der Waals surface area contributed by atoms with E-state index in [1.54, 1.807) is 49.6 Å². The molecule has 0 spiro atoms. The fourth-order valence-corrected chi connectivity index (χ4v) is 3.54. The zero-order valence-electron chi connectivity index (χ0n) is 16.2. The number of ether oxygens (including phenoxy) is 2. The maximum atomic E-state index is 14.3. The lowest BCUT2D eigenvalue weighted by Crippen LogP contribution is -2.46. The molecule has 2 aromatic carbocycles. The van der Waals surface area contributed by atoms with Crippen LogP contribution >= 0.6 is 0 Å². The van der Waals surface area contributed by atoms with Crippen molar-refractivity contribution in [3.63, 3.8) is 0 Å². The van der Waals surface area contributed by atoms with Gasteiger partial charge >= 0.3 is 5.97 Å². The molecule has 0 aliphatic heterocycles. The van der Waals surface area contributed by atoms with Gasteiger partial charge < -0.3 is 14.8 Å². The zero-order valence-corrected chi connectivity index (χ0v) is 16.2. The zero-order chi connectivity index (χ0) is 20.2. The molecule has 0 atom stereocenters. The minimum Gasteiger partial charge on any atom is -0.490 e. The number of benzene rings is 2. The van der Waals surface area contributed by atoms with Crippen LogP contribution in [0.15, 0.2) is 54.9 Å². The fourth-order valence-electron chi connectivity index (χ4n) is 3.54. The number of esters is 1. The third-order valence-corrected chi connectivity index (χ3v) is 5.21. The van der Waals surface area contributed by atoms with Gasteiger partial charge in [-0.3, -0.25) is 4.98 Å². The van der Waals surface area contributed by atoms with Crippen LogP contribution < -0.4 is 10.1 Å². The molecule has 1 fully saturated rings. The lowest BCUT2D eigenvalue weighted by molar-refractivity contribution is 0.0526. The summed E-state index contributed by atoms with van der Waals surface area (Å²) in [6, 6.07) is 12.4. The molecule has 150 valence electrons. The van der Waals surface area contributed by atoms with Gasteiger partial charge in [0.1, 0.15) is 17.7 Å². The second-order valence-electron chi connectivity index (χ2n) is 7.16. The van der Waals surface area contributed by atoms with Gasteiger partial charge in [-0.05, 0) is 67.6 Å². The lowest BCUT2D eigenvalue weighted by atomic mass is 9.89. The van der Waals surface area contributed by atoms with Crippen LogP contribution in [-0.2, 0) is 11.3 Å². The van der Waals surface area contributed by atoms with Crippen LogP contribution in [-0.4, -0.2) is 29.7 Å². The Bertz CT molecular complexity index is 1000. The van der Waals surface area contributed by atoms with E-state index in [1.807, 2.05) is 6.07 Å². The molecule has 1 N–H and O–H groups in total. The number of hydrogen-bond donors (Lipinski definition) is 1. The van der Waals surface area contributed by atoms with Gasteiger partial charge in [-0.2, -0.15) is 0 Å². The molecule has 29 heavy (non-hydrogen) atoms. The summed E-state index contributed by atoms with van der Waals surface area (Å²) in [5, 5.41) is 5.25. The number of carbonyl (C=O) groups excluding carboxylic acids is 1. The second kappa shape index (κ2) is 8.57. The largest absolute Gasteiger partial charge is 0.490 e. The minimum atomic E-state index is -0.330. The molecule has 6 heteroatoms. The third-order valence-electron chi connectivity index (χ3n) is 5.21. The molecule has 5 nitrogen and oxygen atoms in total. The molecule has 1 aliphatic carbocycles. The Morgan fingerprint density at radius 1 is 1.17 bits per heavy atom. The maximum absolute atomic E-state index is 14.3. The number of fused-ring (bicyclic) bond motifs is 1. The van der Waals surface area contributed by atoms with E-state index >= 15 is 0 Å². The fraction of sp³-hybridized carbons (Fsp3) is 0.304. The minimum absolute atomic E-state index is 0.113. The van der Waals surface area contributed by atoms with E-state index in [9.17, 15) is 9.18 Å². The number of nitrogens with one attached hydrogen (secondary N) is 1. The summed E-state index contributed by atoms with van der Waals surface area (Å²) in [5.41, 5.74) is 1.18. The molecule has 1 saturated carbocycles. The first-order valence-electron chi connectivity index (χ1n) is 9.82. The van der Waals surface area contributed by atoms with Crippen molar-refractivity contribution in [1.82, 2.24) is 10.3 Å². The van der Waals surface area contributed by atoms with Crippen LogP contribution in [0.1, 0.15) is 35.7 Å². The predicted molar refractivity (Wildman–Crippen MR) is 108 cm³/mol. The number of pyridine rings is 1. The van der Waals surface area contributed by atoms with Crippen molar-refractivity contribution in [3.05, 3.63) is 71.8 Å². The Kier molecular flexibility index (Phi) is 5.71. The van der Waals surface area contributed by atoms with Crippen molar-refractivity contribution >= 4 is 16.7 Å². The molecule has 0 radical (unpaired) electrons. The van der Waals surface area contributed by atoms with Crippen LogP contribution in [0.4, 0.5) is 4.39 Å². The first kappa shape index (κ1) is 19.3. The van der Waals surface area contributed by atoms with E-state index in [-0.39, 0.29) is 23.9 Å². The highest BCUT2D eigenvalue weighted by molar-refractivity contribution is 5.89. The number of hydrogen-bond acceptors (Lipinski definition) is 5. The molecule has 0 bridgehead atoms. The highest BCUT2D eigenvalue weighted by Crippen LogP contribution is 2.27. The molecule has 1 aromatic heterocycles. The van der Waals surface area contributed by atoms with Gasteiger partial charge in [-0.25, -0.2) is 9.18 Å². The first-order chi connectivity index (χ1) is 14.1. The van der Waals surface area contributed by atoms with Crippen molar-refractivity contribution in [1.29, 1.82) is 0 Å². The Hall–Kier alpha value is -2.99. The van der Waals surface area contributed by atoms with Crippen LogP contribution in [0.3, 0.4) is 0 Å². The smallest absolute Gasteiger partial charge is 0.338 e. The van der Waals surface area contributed by atoms with Gasteiger partial charge in [0.05, 0.1) is 12.2 Å². The van der Waals surface area contributed by atoms with Gasteiger partial charge in [-0.15, -0.1) is 0 Å². The highest BCUT2D eigenvalue weighted by Gasteiger charge is 2.30. The van der Waals surface area contributed by atoms with Gasteiger partial charge in [0.25, 0.3) is 0 Å². The van der Waals surface area contributed by atoms with Crippen molar-refractivity contribution in [2.75, 3.05) is 6.61 Å². The molecule has 1 aliphatic rings. The quantitative estimate of drug-likeness (QED) is 0.607. The van der Waals surface area contributed by atoms with Crippen LogP contribution in [0.25, 0.3) is 10.8 Å². The summed E-state index contributed by atoms with van der Waals surface area (Å²) >= 11 is 0. The van der Waals surface area contributed by atoms with E-state index in [1.165, 1.54) is 6.07 Å². The van der Waals surface area contributed by atoms with Gasteiger partial charge in [0.15, 0.2) is 0 Å². The van der Waals surface area contributed by atoms with Crippen molar-refractivity contribution in [3.8, 4) is 5.75 Å². The van der Waals surface area contributed by atoms with Crippen molar-refractivity contribution < 1.29 is 18.7 Å². The van der Waals surface area contributed by atoms with Crippen LogP contribution in [0.2, 0.25) is 0 Å². The standard InChI is InChI=1S/C23H23FN2O3/c1-2-28-23(27)15-3-6-18(7-4-15)29-19-11-17(12-19)26-14-21-20-9-10-25-13-16(20)5-8-22(21)24/h3-10,13,17,19,26H,2,11-12,14H2,1H3/t17-,19-. The summed E-state index contributed by atoms with van der Waals surface area (Å²) < 4.78 is 25.2. The summed E-state index contributed by atoms with van der Waals surface area (Å²) in [4.78, 5) is 15.8. The molecule has 0 saturated heterocycles. The highest BCUT2D eigenvalue weighted by atomic mass is 19.1. The number of aromatic nitrogens is 1. The van der Waals surface area contributed by atoms with Gasteiger partial charge in [0, 0.05) is 35.9 Å². The normalized spacial score (nSPS) is 18.3. The Balaban J connectivity index is 1.28. The molecule has 0 unspecified atom stereocenters. The van der Waals surface area contributed by atoms with Crippen molar-refractivity contribution in [2.24, 2.45) is 0 Å². The number of rotatable bonds is 7. The summed E-state index contributed by atoms with van der Waals surface area (Å²) in [6.07, 6.45) is 5.26. The summed E-state index contributed by atoms with van der Waals surface area (Å²) in [5.74, 6) is 0.197. The van der Waals surface area contributed by atoms with Gasteiger partial charge in [0.2, 0.25) is 0 Å². The number of halogens is 1. The lowest BCUT2D eigenvalue weighted by Gasteiger charge is -2.36. The van der Waals surface area contributed by atoms with E-state index < -0.39 is 0 Å². The Labute approximate surface area is 168 Å². The van der Waals surface area contributed by atoms with E-state index in [0.717, 1.165) is 29.4 Å². The first-order valence-corrected chi connectivity index (χ1v) is 9.82. The van der Waals surface area contributed by atoms with E-state index in [2.05, 4.69) is 10.3 Å². The topological polar surface area (TPSA) is 60.5 Å². The van der Waals surface area contributed by atoms with Gasteiger partial charge in [-0.1, -0.05) is 0 Å². The SMILES string of the molecule is CCOC(=O)c1ccc(O[C@H]2C[C@H](NCc3c(F)ccc4cnccc34)C2)cc1. The van der Waals surface area contributed by atoms with E-state index in [0.29, 0.717) is 24.3 Å². The summed E-state index contributed by atoms with van der Waals surface area (Å²) in [6.45, 7) is 2.61. The van der Waals surface area contributed by atoms with Crippen LogP contribution in [0, 0.1) is 5.82 Å². The number of carbonyl (C=O) groups is 1. The molecule has 4 rings (SSSR count). The predicted octanol–water partition coefficient (Wildman–Crippen LogP) is 4.25.